The van der Waals surface area contributed by atoms with Crippen LogP contribution in [0.15, 0.2) is 24.3 Å². The molecule has 1 aliphatic rings. The molecule has 1 fully saturated rings. The van der Waals surface area contributed by atoms with E-state index >= 15 is 0 Å². The van der Waals surface area contributed by atoms with Crippen LogP contribution in [0.1, 0.15) is 32.3 Å². The summed E-state index contributed by atoms with van der Waals surface area (Å²) in [7, 11) is 0. The number of likely N-dealkylation sites (tertiary alicyclic amines) is 1. The Morgan fingerprint density at radius 3 is 2.41 bits per heavy atom. The van der Waals surface area contributed by atoms with Crippen molar-refractivity contribution in [2.45, 2.75) is 33.2 Å². The second-order valence-corrected chi connectivity index (χ2v) is 5.19. The van der Waals surface area contributed by atoms with E-state index in [2.05, 4.69) is 48.3 Å². The Hall–Kier alpha value is -1.02. The average molecular weight is 232 g/mol. The number of rotatable bonds is 4. The lowest BCUT2D eigenvalue weighted by molar-refractivity contribution is 0.185. The van der Waals surface area contributed by atoms with Gasteiger partial charge in [-0.3, -0.25) is 4.90 Å². The first-order chi connectivity index (χ1) is 8.28. The minimum absolute atomic E-state index is 0.919. The van der Waals surface area contributed by atoms with Crippen molar-refractivity contribution in [3.05, 3.63) is 29.8 Å². The maximum Gasteiger partial charge on any atom is 0.0340 e. The third-order valence-electron chi connectivity index (χ3n) is 3.62. The molecule has 1 aliphatic heterocycles. The fourth-order valence-electron chi connectivity index (χ4n) is 2.41. The second kappa shape index (κ2) is 6.06. The van der Waals surface area contributed by atoms with Gasteiger partial charge in [-0.1, -0.05) is 19.1 Å². The zero-order valence-electron chi connectivity index (χ0n) is 11.1. The van der Waals surface area contributed by atoms with Crippen LogP contribution in [0.25, 0.3) is 0 Å². The molecule has 0 radical (unpaired) electrons. The highest BCUT2D eigenvalue weighted by Crippen LogP contribution is 2.18. The largest absolute Gasteiger partial charge is 0.385 e. The van der Waals surface area contributed by atoms with Crippen molar-refractivity contribution >= 4 is 5.69 Å². The number of piperidine rings is 1. The summed E-state index contributed by atoms with van der Waals surface area (Å²) in [5, 5.41) is 3.33. The summed E-state index contributed by atoms with van der Waals surface area (Å²) in [6, 6.07) is 8.86. The summed E-state index contributed by atoms with van der Waals surface area (Å²) in [4.78, 5) is 2.57. The smallest absolute Gasteiger partial charge is 0.0340 e. The lowest BCUT2D eigenvalue weighted by atomic mass is 9.99. The summed E-state index contributed by atoms with van der Waals surface area (Å²) < 4.78 is 0. The minimum Gasteiger partial charge on any atom is -0.385 e. The van der Waals surface area contributed by atoms with E-state index < -0.39 is 0 Å². The third-order valence-corrected chi connectivity index (χ3v) is 3.62. The highest BCUT2D eigenvalue weighted by Gasteiger charge is 2.15. The van der Waals surface area contributed by atoms with E-state index in [1.54, 1.807) is 0 Å². The Morgan fingerprint density at radius 2 is 1.82 bits per heavy atom. The summed E-state index contributed by atoms with van der Waals surface area (Å²) in [5.41, 5.74) is 2.66. The van der Waals surface area contributed by atoms with Crippen LogP contribution in [-0.2, 0) is 6.54 Å². The second-order valence-electron chi connectivity index (χ2n) is 5.19. The molecule has 0 amide bonds. The molecule has 17 heavy (non-hydrogen) atoms. The van der Waals surface area contributed by atoms with Crippen molar-refractivity contribution < 1.29 is 0 Å². The number of nitrogens with zero attached hydrogens (tertiary/aromatic N) is 1. The summed E-state index contributed by atoms with van der Waals surface area (Å²) in [6.45, 7) is 9.11. The van der Waals surface area contributed by atoms with E-state index in [1.807, 2.05) is 0 Å². The predicted octanol–water partition coefficient (Wildman–Crippen LogP) is 3.35. The van der Waals surface area contributed by atoms with Gasteiger partial charge >= 0.3 is 0 Å². The fourth-order valence-corrected chi connectivity index (χ4v) is 2.41. The highest BCUT2D eigenvalue weighted by atomic mass is 15.1. The lowest BCUT2D eigenvalue weighted by Crippen LogP contribution is -2.32. The monoisotopic (exact) mass is 232 g/mol. The van der Waals surface area contributed by atoms with E-state index in [1.165, 1.54) is 37.2 Å². The molecule has 1 heterocycles. The number of hydrogen-bond acceptors (Lipinski definition) is 2. The fraction of sp³-hybridized carbons (Fsp3) is 0.600. The number of benzene rings is 1. The van der Waals surface area contributed by atoms with Crippen LogP contribution in [0.3, 0.4) is 0 Å². The normalized spacial score (nSPS) is 18.2. The lowest BCUT2D eigenvalue weighted by Gasteiger charge is -2.30. The molecule has 1 saturated heterocycles. The van der Waals surface area contributed by atoms with E-state index in [9.17, 15) is 0 Å². The Bertz CT molecular complexity index is 323. The van der Waals surface area contributed by atoms with E-state index in [-0.39, 0.29) is 0 Å². The molecule has 0 aromatic heterocycles. The topological polar surface area (TPSA) is 15.3 Å². The quantitative estimate of drug-likeness (QED) is 0.856. The molecule has 0 bridgehead atoms. The summed E-state index contributed by atoms with van der Waals surface area (Å²) in [6.07, 6.45) is 2.71. The molecule has 1 aromatic rings. The van der Waals surface area contributed by atoms with Crippen molar-refractivity contribution in [1.82, 2.24) is 4.90 Å². The molecule has 2 rings (SSSR count). The minimum atomic E-state index is 0.919. The Labute approximate surface area is 105 Å². The third kappa shape index (κ3) is 3.74. The van der Waals surface area contributed by atoms with Gasteiger partial charge in [-0.05, 0) is 56.5 Å². The SMILES string of the molecule is CCNc1ccc(CN2CCC(C)CC2)cc1. The molecule has 1 N–H and O–H groups in total. The van der Waals surface area contributed by atoms with Crippen molar-refractivity contribution in [2.24, 2.45) is 5.92 Å². The Kier molecular flexibility index (Phi) is 4.43. The molecule has 1 aromatic carbocycles. The van der Waals surface area contributed by atoms with Crippen molar-refractivity contribution in [3.8, 4) is 0 Å². The zero-order chi connectivity index (χ0) is 12.1. The van der Waals surface area contributed by atoms with Gasteiger partial charge in [0, 0.05) is 18.8 Å². The Morgan fingerprint density at radius 1 is 1.18 bits per heavy atom. The molecule has 0 spiro atoms. The maximum atomic E-state index is 3.33. The van der Waals surface area contributed by atoms with Gasteiger partial charge < -0.3 is 5.32 Å². The van der Waals surface area contributed by atoms with Gasteiger partial charge in [0.1, 0.15) is 0 Å². The van der Waals surface area contributed by atoms with Gasteiger partial charge in [-0.2, -0.15) is 0 Å². The molecule has 0 aliphatic carbocycles. The zero-order valence-corrected chi connectivity index (χ0v) is 11.1. The summed E-state index contributed by atoms with van der Waals surface area (Å²) >= 11 is 0. The summed E-state index contributed by atoms with van der Waals surface area (Å²) in [5.74, 6) is 0.919. The highest BCUT2D eigenvalue weighted by molar-refractivity contribution is 5.44. The van der Waals surface area contributed by atoms with Gasteiger partial charge in [0.15, 0.2) is 0 Å². The van der Waals surface area contributed by atoms with Crippen LogP contribution >= 0.6 is 0 Å². The first-order valence-electron chi connectivity index (χ1n) is 6.83. The van der Waals surface area contributed by atoms with Crippen molar-refractivity contribution in [3.63, 3.8) is 0 Å². The molecule has 2 heteroatoms. The molecule has 0 unspecified atom stereocenters. The standard InChI is InChI=1S/C15H24N2/c1-3-16-15-6-4-14(5-7-15)12-17-10-8-13(2)9-11-17/h4-7,13,16H,3,8-12H2,1-2H3. The maximum absolute atomic E-state index is 3.33. The number of nitrogens with one attached hydrogen (secondary N) is 1. The van der Waals surface area contributed by atoms with E-state index in [0.717, 1.165) is 19.0 Å². The van der Waals surface area contributed by atoms with Crippen molar-refractivity contribution in [1.29, 1.82) is 0 Å². The van der Waals surface area contributed by atoms with Crippen LogP contribution in [-0.4, -0.2) is 24.5 Å². The Balaban J connectivity index is 1.86. The first kappa shape index (κ1) is 12.4. The van der Waals surface area contributed by atoms with Crippen LogP contribution in [0.4, 0.5) is 5.69 Å². The predicted molar refractivity (Wildman–Crippen MR) is 74.3 cm³/mol. The number of anilines is 1. The van der Waals surface area contributed by atoms with E-state index in [4.69, 9.17) is 0 Å². The van der Waals surface area contributed by atoms with Gasteiger partial charge in [-0.15, -0.1) is 0 Å². The van der Waals surface area contributed by atoms with Gasteiger partial charge in [-0.25, -0.2) is 0 Å². The van der Waals surface area contributed by atoms with Gasteiger partial charge in [0.05, 0.1) is 0 Å². The molecular weight excluding hydrogens is 208 g/mol. The molecule has 94 valence electrons. The first-order valence-corrected chi connectivity index (χ1v) is 6.83. The molecular formula is C15H24N2. The van der Waals surface area contributed by atoms with Crippen LogP contribution < -0.4 is 5.32 Å². The molecule has 0 atom stereocenters. The van der Waals surface area contributed by atoms with Gasteiger partial charge in [0.2, 0.25) is 0 Å². The number of hydrogen-bond donors (Lipinski definition) is 1. The molecule has 2 nitrogen and oxygen atoms in total. The van der Waals surface area contributed by atoms with Crippen LogP contribution in [0, 0.1) is 5.92 Å². The average Bonchev–Trinajstić information content (AvgIpc) is 2.35. The van der Waals surface area contributed by atoms with E-state index in [0.29, 0.717) is 0 Å². The molecule has 0 saturated carbocycles. The van der Waals surface area contributed by atoms with Crippen LogP contribution in [0.2, 0.25) is 0 Å². The van der Waals surface area contributed by atoms with Gasteiger partial charge in [0.25, 0.3) is 0 Å². The van der Waals surface area contributed by atoms with Crippen LogP contribution in [0.5, 0.6) is 0 Å². The van der Waals surface area contributed by atoms with Crippen molar-refractivity contribution in [2.75, 3.05) is 25.0 Å².